The van der Waals surface area contributed by atoms with E-state index in [9.17, 15) is 5.11 Å². The molecule has 28 heavy (non-hydrogen) atoms. The first kappa shape index (κ1) is 19.1. The molecule has 1 aromatic carbocycles. The van der Waals surface area contributed by atoms with Gasteiger partial charge in [0.15, 0.2) is 23.3 Å². The first-order chi connectivity index (χ1) is 13.5. The molecule has 0 aliphatic carbocycles. The van der Waals surface area contributed by atoms with Gasteiger partial charge in [-0.15, -0.1) is 0 Å². The van der Waals surface area contributed by atoms with Crippen LogP contribution < -0.4 is 5.32 Å². The van der Waals surface area contributed by atoms with E-state index in [1.54, 1.807) is 18.5 Å². The fourth-order valence-electron chi connectivity index (χ4n) is 3.37. The Morgan fingerprint density at radius 3 is 2.86 bits per heavy atom. The molecule has 1 saturated heterocycles. The topological polar surface area (TPSA) is 94.3 Å². The summed E-state index contributed by atoms with van der Waals surface area (Å²) in [4.78, 5) is 13.6. The van der Waals surface area contributed by atoms with Gasteiger partial charge in [-0.2, -0.15) is 0 Å². The number of imidazole rings is 1. The maximum Gasteiger partial charge on any atom is 0.166 e. The highest BCUT2D eigenvalue weighted by Gasteiger charge is 2.33. The number of hydrogen-bond acceptors (Lipinski definition) is 7. The van der Waals surface area contributed by atoms with Crippen molar-refractivity contribution in [2.45, 2.75) is 38.7 Å². The Morgan fingerprint density at radius 1 is 1.32 bits per heavy atom. The Labute approximate surface area is 167 Å². The van der Waals surface area contributed by atoms with Gasteiger partial charge in [-0.1, -0.05) is 11.6 Å². The van der Waals surface area contributed by atoms with Crippen LogP contribution >= 0.6 is 11.6 Å². The fourth-order valence-corrected chi connectivity index (χ4v) is 3.49. The molecule has 4 rings (SSSR count). The van der Waals surface area contributed by atoms with Crippen LogP contribution in [-0.4, -0.2) is 50.2 Å². The van der Waals surface area contributed by atoms with Crippen LogP contribution in [-0.2, 0) is 9.47 Å². The van der Waals surface area contributed by atoms with Crippen LogP contribution in [0, 0.1) is 6.92 Å². The van der Waals surface area contributed by atoms with E-state index in [-0.39, 0.29) is 18.9 Å². The van der Waals surface area contributed by atoms with Crippen LogP contribution in [0.4, 0.5) is 11.5 Å². The van der Waals surface area contributed by atoms with Crippen molar-refractivity contribution < 1.29 is 14.6 Å². The maximum atomic E-state index is 10.5. The van der Waals surface area contributed by atoms with Gasteiger partial charge in [-0.3, -0.25) is 0 Å². The minimum absolute atomic E-state index is 0.203. The second kappa shape index (κ2) is 8.00. The lowest BCUT2D eigenvalue weighted by Gasteiger charge is -2.33. The summed E-state index contributed by atoms with van der Waals surface area (Å²) in [6.07, 6.45) is 1.18. The zero-order chi connectivity index (χ0) is 19.7. The molecule has 1 aliphatic rings. The van der Waals surface area contributed by atoms with E-state index >= 15 is 0 Å². The van der Waals surface area contributed by atoms with Crippen LogP contribution in [0.1, 0.15) is 25.2 Å². The molecule has 0 bridgehead atoms. The molecule has 3 aromatic rings. The molecule has 8 nitrogen and oxygen atoms in total. The molecule has 0 saturated carbocycles. The van der Waals surface area contributed by atoms with Crippen LogP contribution in [0.2, 0.25) is 5.02 Å². The first-order valence-corrected chi connectivity index (χ1v) is 9.58. The van der Waals surface area contributed by atoms with E-state index in [2.05, 4.69) is 20.3 Å². The second-order valence-electron chi connectivity index (χ2n) is 6.66. The van der Waals surface area contributed by atoms with Gasteiger partial charge in [-0.05, 0) is 38.1 Å². The lowest BCUT2D eigenvalue weighted by Crippen LogP contribution is -2.39. The second-order valence-corrected chi connectivity index (χ2v) is 7.10. The number of ether oxygens (including phenoxy) is 2. The molecule has 1 fully saturated rings. The van der Waals surface area contributed by atoms with Crippen molar-refractivity contribution in [1.29, 1.82) is 0 Å². The summed E-state index contributed by atoms with van der Waals surface area (Å²) < 4.78 is 13.0. The number of aryl methyl sites for hydroxylation is 1. The number of halogens is 1. The highest BCUT2D eigenvalue weighted by atomic mass is 35.5. The van der Waals surface area contributed by atoms with E-state index in [4.69, 9.17) is 21.1 Å². The van der Waals surface area contributed by atoms with E-state index in [0.29, 0.717) is 40.9 Å². The lowest BCUT2D eigenvalue weighted by atomic mass is 10.1. The lowest BCUT2D eigenvalue weighted by molar-refractivity contribution is -0.197. The minimum atomic E-state index is -0.669. The number of rotatable bonds is 5. The largest absolute Gasteiger partial charge is 0.389 e. The zero-order valence-corrected chi connectivity index (χ0v) is 16.4. The SMILES string of the molecule is CCO[C@H]1C[C@H](n2cnc3c(Nc4ccc(Cl)cc4)nc(C)nc32)[C@H](O)CO1. The average Bonchev–Trinajstić information content (AvgIpc) is 3.09. The molecular formula is C19H22ClN5O3. The summed E-state index contributed by atoms with van der Waals surface area (Å²) in [5.74, 6) is 1.21. The smallest absolute Gasteiger partial charge is 0.166 e. The van der Waals surface area contributed by atoms with E-state index in [0.717, 1.165) is 5.69 Å². The maximum absolute atomic E-state index is 10.5. The Bertz CT molecular complexity index is 962. The van der Waals surface area contributed by atoms with Crippen LogP contribution in [0.15, 0.2) is 30.6 Å². The van der Waals surface area contributed by atoms with Gasteiger partial charge in [0.1, 0.15) is 5.82 Å². The summed E-state index contributed by atoms with van der Waals surface area (Å²) >= 11 is 5.96. The summed E-state index contributed by atoms with van der Waals surface area (Å²) in [7, 11) is 0. The average molecular weight is 404 g/mol. The quantitative estimate of drug-likeness (QED) is 0.675. The monoisotopic (exact) mass is 403 g/mol. The molecule has 148 valence electrons. The highest BCUT2D eigenvalue weighted by molar-refractivity contribution is 6.30. The van der Waals surface area contributed by atoms with Gasteiger partial charge in [0.25, 0.3) is 0 Å². The van der Waals surface area contributed by atoms with Gasteiger partial charge in [-0.25, -0.2) is 15.0 Å². The number of aliphatic hydroxyl groups is 1. The predicted octanol–water partition coefficient (Wildman–Crippen LogP) is 3.22. The molecule has 3 heterocycles. The zero-order valence-electron chi connectivity index (χ0n) is 15.7. The molecule has 2 N–H and O–H groups in total. The molecule has 0 unspecified atom stereocenters. The van der Waals surface area contributed by atoms with Crippen molar-refractivity contribution in [3.8, 4) is 0 Å². The Hall–Kier alpha value is -2.26. The molecular weight excluding hydrogens is 382 g/mol. The standard InChI is InChI=1S/C19H22ClN5O3/c1-3-27-16-8-14(15(26)9-28-16)25-10-21-17-18(22-11(2)23-19(17)25)24-13-6-4-12(20)5-7-13/h4-7,10,14-16,26H,3,8-9H2,1-2H3,(H,22,23,24)/t14-,15+,16+/m0/s1. The van der Waals surface area contributed by atoms with Crippen LogP contribution in [0.3, 0.4) is 0 Å². The third-order valence-corrected chi connectivity index (χ3v) is 4.93. The number of anilines is 2. The first-order valence-electron chi connectivity index (χ1n) is 9.20. The molecule has 3 atom stereocenters. The number of nitrogens with zero attached hydrogens (tertiary/aromatic N) is 4. The van der Waals surface area contributed by atoms with Crippen molar-refractivity contribution in [1.82, 2.24) is 19.5 Å². The molecule has 0 amide bonds. The van der Waals surface area contributed by atoms with Crippen molar-refractivity contribution in [3.63, 3.8) is 0 Å². The fraction of sp³-hybridized carbons (Fsp3) is 0.421. The third-order valence-electron chi connectivity index (χ3n) is 4.68. The number of hydrogen-bond donors (Lipinski definition) is 2. The van der Waals surface area contributed by atoms with Gasteiger partial charge >= 0.3 is 0 Å². The number of aliphatic hydroxyl groups excluding tert-OH is 1. The molecule has 0 spiro atoms. The molecule has 1 aliphatic heterocycles. The summed E-state index contributed by atoms with van der Waals surface area (Å²) in [6.45, 7) is 4.50. The van der Waals surface area contributed by atoms with E-state index in [1.807, 2.05) is 30.5 Å². The molecule has 9 heteroatoms. The minimum Gasteiger partial charge on any atom is -0.389 e. The van der Waals surface area contributed by atoms with Gasteiger partial charge in [0.2, 0.25) is 0 Å². The Balaban J connectivity index is 1.69. The van der Waals surface area contributed by atoms with Crippen molar-refractivity contribution >= 4 is 34.3 Å². The van der Waals surface area contributed by atoms with Crippen LogP contribution in [0.25, 0.3) is 11.2 Å². The molecule has 0 radical (unpaired) electrons. The number of benzene rings is 1. The van der Waals surface area contributed by atoms with Gasteiger partial charge in [0.05, 0.1) is 25.1 Å². The Kier molecular flexibility index (Phi) is 5.45. The third kappa shape index (κ3) is 3.81. The number of nitrogens with one attached hydrogen (secondary N) is 1. The summed E-state index contributed by atoms with van der Waals surface area (Å²) in [5.41, 5.74) is 2.14. The number of fused-ring (bicyclic) bond motifs is 1. The Morgan fingerprint density at radius 2 is 2.11 bits per heavy atom. The summed E-state index contributed by atoms with van der Waals surface area (Å²) in [5, 5.41) is 14.4. The van der Waals surface area contributed by atoms with Gasteiger partial charge < -0.3 is 24.5 Å². The van der Waals surface area contributed by atoms with Crippen LogP contribution in [0.5, 0.6) is 0 Å². The summed E-state index contributed by atoms with van der Waals surface area (Å²) in [6, 6.07) is 7.11. The van der Waals surface area contributed by atoms with Gasteiger partial charge in [0, 0.05) is 23.7 Å². The number of aromatic nitrogens is 4. The normalized spacial score (nSPS) is 22.5. The van der Waals surface area contributed by atoms with Crippen molar-refractivity contribution in [2.75, 3.05) is 18.5 Å². The van der Waals surface area contributed by atoms with E-state index in [1.165, 1.54) is 0 Å². The van der Waals surface area contributed by atoms with Crippen molar-refractivity contribution in [2.24, 2.45) is 0 Å². The van der Waals surface area contributed by atoms with E-state index < -0.39 is 6.10 Å². The molecule has 2 aromatic heterocycles. The predicted molar refractivity (Wildman–Crippen MR) is 106 cm³/mol. The van der Waals surface area contributed by atoms with Crippen molar-refractivity contribution in [3.05, 3.63) is 41.4 Å². The highest BCUT2D eigenvalue weighted by Crippen LogP contribution is 2.31.